The van der Waals surface area contributed by atoms with Gasteiger partial charge in [0.15, 0.2) is 0 Å². The molecule has 6 nitrogen and oxygen atoms in total. The van der Waals surface area contributed by atoms with Crippen LogP contribution in [0.25, 0.3) is 0 Å². The number of anilines is 2. The van der Waals surface area contributed by atoms with Crippen molar-refractivity contribution >= 4 is 11.4 Å². The molecule has 1 aliphatic heterocycles. The molecule has 17 heavy (non-hydrogen) atoms. The Bertz CT molecular complexity index is 390. The van der Waals surface area contributed by atoms with Crippen LogP contribution in [-0.2, 0) is 0 Å². The summed E-state index contributed by atoms with van der Waals surface area (Å²) in [5.74, 6) is 0. The number of benzene rings is 1. The molecule has 0 amide bonds. The molecule has 0 saturated carbocycles. The molecule has 0 aliphatic carbocycles. The quantitative estimate of drug-likeness (QED) is 0.532. The second-order valence-corrected chi connectivity index (χ2v) is 4.23. The smallest absolute Gasteiger partial charge is 0.0777 e. The number of nitrogens with one attached hydrogen (secondary N) is 2. The number of para-hydroxylation sites is 2. The number of rotatable bonds is 0. The summed E-state index contributed by atoms with van der Waals surface area (Å²) in [6.07, 6.45) is 0. The van der Waals surface area contributed by atoms with Crippen molar-refractivity contribution in [3.63, 3.8) is 0 Å². The molecule has 2 rings (SSSR count). The minimum Gasteiger partial charge on any atom is -0.356 e. The van der Waals surface area contributed by atoms with E-state index in [9.17, 15) is 0 Å². The zero-order valence-corrected chi connectivity index (χ0v) is 10.1. The van der Waals surface area contributed by atoms with E-state index >= 15 is 0 Å². The van der Waals surface area contributed by atoms with Gasteiger partial charge in [0.05, 0.1) is 26.3 Å². The standard InChI is InChI=1S/C10H12N2.ClHO4/c1-7-8(2)12-10-6-4-3-5-9(10)11-7;2-1(3,4)5/h3-6,11-12H,1-2H3;(H,2,3,4,5). The number of allylic oxidation sites excluding steroid dienone is 2. The molecule has 0 aromatic heterocycles. The fraction of sp³-hybridized carbons (Fsp3) is 0.200. The highest BCUT2D eigenvalue weighted by Crippen LogP contribution is 2.28. The van der Waals surface area contributed by atoms with Crippen LogP contribution in [0.15, 0.2) is 35.7 Å². The Morgan fingerprint density at radius 3 is 1.53 bits per heavy atom. The maximum Gasteiger partial charge on any atom is 0.0777 e. The maximum atomic E-state index is 8.60. The van der Waals surface area contributed by atoms with Crippen LogP contribution >= 0.6 is 0 Å². The Hall–Kier alpha value is -1.31. The fourth-order valence-corrected chi connectivity index (χ4v) is 1.29. The average Bonchev–Trinajstić information content (AvgIpc) is 2.17. The molecule has 0 bridgehead atoms. The molecule has 0 radical (unpaired) electrons. The molecular formula is C10H13ClN2O4. The number of halogens is 1. The molecule has 0 saturated heterocycles. The van der Waals surface area contributed by atoms with Gasteiger partial charge in [-0.25, -0.2) is 0 Å². The van der Waals surface area contributed by atoms with E-state index in [1.807, 2.05) is 12.1 Å². The third-order valence-corrected chi connectivity index (χ3v) is 2.13. The van der Waals surface area contributed by atoms with Crippen LogP contribution in [-0.4, -0.2) is 4.66 Å². The minimum atomic E-state index is -4.69. The fourth-order valence-electron chi connectivity index (χ4n) is 1.29. The third kappa shape index (κ3) is 5.03. The molecule has 0 fully saturated rings. The van der Waals surface area contributed by atoms with Crippen LogP contribution in [0.3, 0.4) is 0 Å². The topological polar surface area (TPSA) is 113 Å². The molecule has 1 aliphatic rings. The summed E-state index contributed by atoms with van der Waals surface area (Å²) in [5.41, 5.74) is 4.68. The second-order valence-electron chi connectivity index (χ2n) is 3.44. The summed E-state index contributed by atoms with van der Waals surface area (Å²) in [4.78, 5) is 0. The highest BCUT2D eigenvalue weighted by Gasteiger charge is 2.08. The summed E-state index contributed by atoms with van der Waals surface area (Å²) >= 11 is 0. The van der Waals surface area contributed by atoms with Crippen molar-refractivity contribution in [1.29, 1.82) is 0 Å². The Morgan fingerprint density at radius 2 is 1.24 bits per heavy atom. The first kappa shape index (κ1) is 13.8. The van der Waals surface area contributed by atoms with Gasteiger partial charge in [-0.1, -0.05) is 12.1 Å². The monoisotopic (exact) mass is 260 g/mol. The van der Waals surface area contributed by atoms with Crippen LogP contribution in [0.4, 0.5) is 11.4 Å². The van der Waals surface area contributed by atoms with Crippen molar-refractivity contribution in [2.24, 2.45) is 0 Å². The van der Waals surface area contributed by atoms with Crippen LogP contribution in [0.2, 0.25) is 0 Å². The Labute approximate surface area is 101 Å². The number of hydrogen-bond acceptors (Lipinski definition) is 6. The number of hydrogen-bond donors (Lipinski definition) is 3. The summed E-state index contributed by atoms with van der Waals surface area (Å²) in [6, 6.07) is 8.19. The lowest BCUT2D eigenvalue weighted by Gasteiger charge is -2.22. The van der Waals surface area contributed by atoms with Crippen molar-refractivity contribution in [3.05, 3.63) is 35.7 Å². The van der Waals surface area contributed by atoms with Crippen LogP contribution in [0.1, 0.15) is 13.8 Å². The molecule has 1 heterocycles. The Balaban J connectivity index is 0.000000249. The maximum absolute atomic E-state index is 8.60. The van der Waals surface area contributed by atoms with Crippen molar-refractivity contribution in [2.45, 2.75) is 13.8 Å². The van der Waals surface area contributed by atoms with Crippen LogP contribution in [0.5, 0.6) is 0 Å². The molecule has 3 N–H and O–H groups in total. The summed E-state index contributed by atoms with van der Waals surface area (Å²) in [6.45, 7) is 4.14. The summed E-state index contributed by atoms with van der Waals surface area (Å²) in [5, 5.41) is 6.65. The van der Waals surface area contributed by atoms with Gasteiger partial charge in [0.1, 0.15) is 0 Å². The van der Waals surface area contributed by atoms with Crippen molar-refractivity contribution in [1.82, 2.24) is 0 Å². The first-order valence-electron chi connectivity index (χ1n) is 4.71. The molecule has 0 unspecified atom stereocenters. The van der Waals surface area contributed by atoms with Gasteiger partial charge in [-0.3, -0.25) is 0 Å². The van der Waals surface area contributed by atoms with E-state index < -0.39 is 10.2 Å². The third-order valence-electron chi connectivity index (χ3n) is 2.13. The molecule has 7 heteroatoms. The van der Waals surface area contributed by atoms with Gasteiger partial charge in [0.25, 0.3) is 0 Å². The zero-order valence-electron chi connectivity index (χ0n) is 9.36. The number of fused-ring (bicyclic) bond motifs is 1. The van der Waals surface area contributed by atoms with E-state index in [2.05, 4.69) is 36.6 Å². The summed E-state index contributed by atoms with van der Waals surface area (Å²) < 4.78 is 32.7. The molecule has 1 aromatic rings. The predicted octanol–water partition coefficient (Wildman–Crippen LogP) is -1.35. The average molecular weight is 261 g/mol. The van der Waals surface area contributed by atoms with Crippen LogP contribution in [0, 0.1) is 10.2 Å². The Morgan fingerprint density at radius 1 is 0.941 bits per heavy atom. The molecule has 0 spiro atoms. The normalized spacial score (nSPS) is 14.0. The zero-order chi connectivity index (χ0) is 13.1. The first-order chi connectivity index (χ1) is 7.77. The van der Waals surface area contributed by atoms with Gasteiger partial charge in [-0.15, -0.1) is 0 Å². The molecule has 1 aromatic carbocycles. The Kier molecular flexibility index (Phi) is 4.33. The van der Waals surface area contributed by atoms with E-state index in [1.54, 1.807) is 0 Å². The lowest BCUT2D eigenvalue weighted by atomic mass is 10.2. The van der Waals surface area contributed by atoms with Gasteiger partial charge in [-0.05, 0) is 26.0 Å². The predicted molar refractivity (Wildman–Crippen MR) is 54.3 cm³/mol. The van der Waals surface area contributed by atoms with Crippen LogP contribution < -0.4 is 24.6 Å². The SMILES string of the molecule is CC1=C(C)Nc2ccccc2N1.[O-][Cl+3]([O-])([O-])O. The molecule has 0 atom stereocenters. The van der Waals surface area contributed by atoms with Gasteiger partial charge >= 0.3 is 0 Å². The second kappa shape index (κ2) is 5.35. The molecule has 94 valence electrons. The lowest BCUT2D eigenvalue weighted by molar-refractivity contribution is -1.92. The minimum absolute atomic E-state index is 1.15. The first-order valence-corrected chi connectivity index (χ1v) is 5.97. The van der Waals surface area contributed by atoms with Gasteiger partial charge < -0.3 is 10.6 Å². The van der Waals surface area contributed by atoms with Gasteiger partial charge in [0, 0.05) is 11.4 Å². The van der Waals surface area contributed by atoms with Crippen molar-refractivity contribution in [2.75, 3.05) is 10.6 Å². The highest BCUT2D eigenvalue weighted by atomic mass is 35.7. The largest absolute Gasteiger partial charge is 0.356 e. The lowest BCUT2D eigenvalue weighted by Crippen LogP contribution is -2.58. The van der Waals surface area contributed by atoms with E-state index in [4.69, 9.17) is 18.6 Å². The summed E-state index contributed by atoms with van der Waals surface area (Å²) in [7, 11) is -4.69. The van der Waals surface area contributed by atoms with E-state index in [1.165, 1.54) is 11.4 Å². The van der Waals surface area contributed by atoms with E-state index in [0.717, 1.165) is 11.4 Å². The molecular weight excluding hydrogens is 248 g/mol. The van der Waals surface area contributed by atoms with Crippen molar-refractivity contribution < 1.29 is 28.9 Å². The highest BCUT2D eigenvalue weighted by molar-refractivity contribution is 5.75. The van der Waals surface area contributed by atoms with E-state index in [0.29, 0.717) is 0 Å². The van der Waals surface area contributed by atoms with Crippen molar-refractivity contribution in [3.8, 4) is 0 Å². The van der Waals surface area contributed by atoms with Gasteiger partial charge in [0.2, 0.25) is 0 Å². The van der Waals surface area contributed by atoms with Gasteiger partial charge in [-0.2, -0.15) is 14.0 Å². The van der Waals surface area contributed by atoms with E-state index in [-0.39, 0.29) is 0 Å².